The molecule has 2 rings (SSSR count). The van der Waals surface area contributed by atoms with E-state index < -0.39 is 28.3 Å². The third kappa shape index (κ3) is 5.01. The van der Waals surface area contributed by atoms with E-state index in [2.05, 4.69) is 4.98 Å². The molecule has 1 aliphatic rings. The molecule has 0 saturated carbocycles. The first-order valence-electron chi connectivity index (χ1n) is 9.44. The van der Waals surface area contributed by atoms with Crippen LogP contribution in [0.3, 0.4) is 0 Å². The van der Waals surface area contributed by atoms with Gasteiger partial charge in [-0.15, -0.1) is 0 Å². The zero-order valence-electron chi connectivity index (χ0n) is 16.8. The summed E-state index contributed by atoms with van der Waals surface area (Å²) in [7, 11) is -3.13. The Morgan fingerprint density at radius 2 is 1.93 bits per heavy atom. The average molecular weight is 413 g/mol. The number of unbranched alkanes of at least 4 members (excludes halogenated alkanes) is 1. The minimum atomic E-state index is -3.13. The minimum absolute atomic E-state index is 0.0483. The largest absolute Gasteiger partial charge is 0.451 e. The van der Waals surface area contributed by atoms with Crippen LogP contribution >= 0.6 is 0 Å². The number of hydrogen-bond donors (Lipinski definition) is 1. The number of esters is 1. The maximum Gasteiger partial charge on any atom is 0.355 e. The van der Waals surface area contributed by atoms with E-state index in [4.69, 9.17) is 4.74 Å². The summed E-state index contributed by atoms with van der Waals surface area (Å²) in [5.41, 5.74) is 1.66. The summed E-state index contributed by atoms with van der Waals surface area (Å²) >= 11 is 0. The van der Waals surface area contributed by atoms with Crippen molar-refractivity contribution < 1.29 is 27.5 Å². The van der Waals surface area contributed by atoms with Gasteiger partial charge in [-0.25, -0.2) is 13.2 Å². The van der Waals surface area contributed by atoms with Crippen molar-refractivity contribution in [2.24, 2.45) is 0 Å². The third-order valence-corrected chi connectivity index (χ3v) is 6.79. The summed E-state index contributed by atoms with van der Waals surface area (Å²) in [6, 6.07) is -0.374. The summed E-state index contributed by atoms with van der Waals surface area (Å²) in [5, 5.41) is 0. The second-order valence-electron chi connectivity index (χ2n) is 7.25. The number of sulfone groups is 1. The molecule has 1 N–H and O–H groups in total. The number of aromatic amines is 1. The number of rotatable bonds is 8. The molecule has 1 unspecified atom stereocenters. The van der Waals surface area contributed by atoms with Crippen LogP contribution in [0.2, 0.25) is 0 Å². The molecule has 9 heteroatoms. The Hall–Kier alpha value is -2.16. The highest BCUT2D eigenvalue weighted by Gasteiger charge is 2.34. The van der Waals surface area contributed by atoms with Crippen LogP contribution in [0, 0.1) is 13.8 Å². The molecular formula is C19H28N2O6S. The number of amides is 1. The molecule has 1 atom stereocenters. The number of carbonyl (C=O) groups is 3. The molecule has 1 amide bonds. The molecule has 0 aromatic carbocycles. The van der Waals surface area contributed by atoms with E-state index in [-0.39, 0.29) is 29.0 Å². The lowest BCUT2D eigenvalue weighted by Crippen LogP contribution is -2.43. The number of carbonyl (C=O) groups excluding carboxylic acids is 3. The molecular weight excluding hydrogens is 384 g/mol. The molecule has 28 heavy (non-hydrogen) atoms. The van der Waals surface area contributed by atoms with Gasteiger partial charge in [0.15, 0.2) is 22.2 Å². The minimum Gasteiger partial charge on any atom is -0.451 e. The van der Waals surface area contributed by atoms with Crippen LogP contribution in [0.1, 0.15) is 65.2 Å². The second kappa shape index (κ2) is 8.89. The normalized spacial score (nSPS) is 18.1. The van der Waals surface area contributed by atoms with Gasteiger partial charge in [0.25, 0.3) is 5.91 Å². The SMILES string of the molecule is CCCCN(C(=O)COC(=O)c1[nH]c(C)c(C(C)=O)c1C)C1CCS(=O)(=O)C1. The fourth-order valence-corrected chi connectivity index (χ4v) is 5.36. The number of hydrogen-bond acceptors (Lipinski definition) is 6. The number of Topliss-reactive ketones (excluding diaryl/α,β-unsaturated/α-hetero) is 1. The molecule has 156 valence electrons. The number of aryl methyl sites for hydroxylation is 1. The van der Waals surface area contributed by atoms with E-state index in [0.717, 1.165) is 12.8 Å². The monoisotopic (exact) mass is 412 g/mol. The Kier molecular flexibility index (Phi) is 7.03. The maximum atomic E-state index is 12.6. The van der Waals surface area contributed by atoms with Crippen molar-refractivity contribution in [2.45, 2.75) is 53.0 Å². The Morgan fingerprint density at radius 1 is 1.25 bits per heavy atom. The Bertz CT molecular complexity index is 871. The summed E-state index contributed by atoms with van der Waals surface area (Å²) in [5.74, 6) is -1.25. The first-order chi connectivity index (χ1) is 13.1. The van der Waals surface area contributed by atoms with Crippen molar-refractivity contribution in [3.05, 3.63) is 22.5 Å². The van der Waals surface area contributed by atoms with Gasteiger partial charge in [0.2, 0.25) is 0 Å². The number of nitrogens with zero attached hydrogens (tertiary/aromatic N) is 1. The van der Waals surface area contributed by atoms with Crippen molar-refractivity contribution in [3.63, 3.8) is 0 Å². The molecule has 1 aromatic heterocycles. The molecule has 1 saturated heterocycles. The maximum absolute atomic E-state index is 12.6. The average Bonchev–Trinajstić information content (AvgIpc) is 3.11. The highest BCUT2D eigenvalue weighted by Crippen LogP contribution is 2.21. The zero-order valence-corrected chi connectivity index (χ0v) is 17.6. The van der Waals surface area contributed by atoms with Crippen LogP contribution in [-0.2, 0) is 19.4 Å². The first kappa shape index (κ1) is 22.1. The molecule has 0 spiro atoms. The fraction of sp³-hybridized carbons (Fsp3) is 0.632. The van der Waals surface area contributed by atoms with Gasteiger partial charge in [-0.1, -0.05) is 13.3 Å². The van der Waals surface area contributed by atoms with Gasteiger partial charge in [0.05, 0.1) is 11.5 Å². The van der Waals surface area contributed by atoms with Crippen molar-refractivity contribution in [3.8, 4) is 0 Å². The van der Waals surface area contributed by atoms with Crippen molar-refractivity contribution >= 4 is 27.5 Å². The second-order valence-corrected chi connectivity index (χ2v) is 9.48. The first-order valence-corrected chi connectivity index (χ1v) is 11.3. The number of ether oxygens (including phenoxy) is 1. The number of nitrogens with one attached hydrogen (secondary N) is 1. The predicted octanol–water partition coefficient (Wildman–Crippen LogP) is 1.81. The summed E-state index contributed by atoms with van der Waals surface area (Å²) in [6.07, 6.45) is 2.01. The van der Waals surface area contributed by atoms with E-state index in [0.29, 0.717) is 29.8 Å². The fourth-order valence-electron chi connectivity index (χ4n) is 3.63. The molecule has 1 fully saturated rings. The summed E-state index contributed by atoms with van der Waals surface area (Å²) < 4.78 is 28.7. The van der Waals surface area contributed by atoms with Gasteiger partial charge in [0.1, 0.15) is 5.69 Å². The standard InChI is InChI=1S/C19H28N2O6S/c1-5-6-8-21(15-7-9-28(25,26)11-15)16(23)10-27-19(24)18-12(2)17(14(4)22)13(3)20-18/h15,20H,5-11H2,1-4H3. The molecule has 0 aliphatic carbocycles. The predicted molar refractivity (Wildman–Crippen MR) is 104 cm³/mol. The van der Waals surface area contributed by atoms with Gasteiger partial charge < -0.3 is 14.6 Å². The van der Waals surface area contributed by atoms with Crippen molar-refractivity contribution in [1.29, 1.82) is 0 Å². The summed E-state index contributed by atoms with van der Waals surface area (Å²) in [4.78, 5) is 41.1. The van der Waals surface area contributed by atoms with E-state index in [1.165, 1.54) is 11.8 Å². The van der Waals surface area contributed by atoms with Gasteiger partial charge in [-0.3, -0.25) is 9.59 Å². The van der Waals surface area contributed by atoms with E-state index in [9.17, 15) is 22.8 Å². The number of ketones is 1. The van der Waals surface area contributed by atoms with E-state index >= 15 is 0 Å². The van der Waals surface area contributed by atoms with Crippen molar-refractivity contribution in [1.82, 2.24) is 9.88 Å². The molecule has 1 aromatic rings. The highest BCUT2D eigenvalue weighted by molar-refractivity contribution is 7.91. The number of H-pyrrole nitrogens is 1. The van der Waals surface area contributed by atoms with Gasteiger partial charge >= 0.3 is 5.97 Å². The van der Waals surface area contributed by atoms with E-state index in [1.807, 2.05) is 6.92 Å². The Balaban J connectivity index is 2.06. The Labute approximate surface area is 165 Å². The van der Waals surface area contributed by atoms with Gasteiger partial charge in [-0.2, -0.15) is 0 Å². The lowest BCUT2D eigenvalue weighted by molar-refractivity contribution is -0.136. The third-order valence-electron chi connectivity index (χ3n) is 5.04. The molecule has 2 heterocycles. The van der Waals surface area contributed by atoms with Crippen LogP contribution in [0.4, 0.5) is 0 Å². The molecule has 1 aliphatic heterocycles. The van der Waals surface area contributed by atoms with Crippen LogP contribution in [0.15, 0.2) is 0 Å². The van der Waals surface area contributed by atoms with Crippen LogP contribution < -0.4 is 0 Å². The van der Waals surface area contributed by atoms with Gasteiger partial charge in [-0.05, 0) is 39.2 Å². The van der Waals surface area contributed by atoms with Gasteiger partial charge in [0, 0.05) is 23.8 Å². The van der Waals surface area contributed by atoms with E-state index in [1.54, 1.807) is 13.8 Å². The topological polar surface area (TPSA) is 114 Å². The van der Waals surface area contributed by atoms with Crippen molar-refractivity contribution in [2.75, 3.05) is 24.7 Å². The quantitative estimate of drug-likeness (QED) is 0.514. The van der Waals surface area contributed by atoms with Crippen LogP contribution in [0.25, 0.3) is 0 Å². The lowest BCUT2D eigenvalue weighted by Gasteiger charge is -2.28. The molecule has 0 radical (unpaired) electrons. The lowest BCUT2D eigenvalue weighted by atomic mass is 10.1. The van der Waals surface area contributed by atoms with Crippen LogP contribution in [0.5, 0.6) is 0 Å². The molecule has 0 bridgehead atoms. The zero-order chi connectivity index (χ0) is 21.1. The highest BCUT2D eigenvalue weighted by atomic mass is 32.2. The smallest absolute Gasteiger partial charge is 0.355 e. The van der Waals surface area contributed by atoms with Crippen LogP contribution in [-0.4, -0.2) is 66.7 Å². The Morgan fingerprint density at radius 3 is 2.43 bits per heavy atom. The number of aromatic nitrogens is 1. The summed E-state index contributed by atoms with van der Waals surface area (Å²) in [6.45, 7) is 6.71. The molecule has 8 nitrogen and oxygen atoms in total.